The van der Waals surface area contributed by atoms with Gasteiger partial charge in [-0.15, -0.1) is 0 Å². The molecule has 110 valence electrons. The van der Waals surface area contributed by atoms with Crippen molar-refractivity contribution in [3.63, 3.8) is 0 Å². The number of hydrogen-bond acceptors (Lipinski definition) is 3. The Morgan fingerprint density at radius 2 is 2.15 bits per heavy atom. The molecule has 0 radical (unpaired) electrons. The van der Waals surface area contributed by atoms with Gasteiger partial charge >= 0.3 is 5.97 Å². The summed E-state index contributed by atoms with van der Waals surface area (Å²) in [5.74, 6) is 0.418. The van der Waals surface area contributed by atoms with Crippen molar-refractivity contribution >= 4 is 12.3 Å². The third kappa shape index (κ3) is 3.02. The van der Waals surface area contributed by atoms with Gasteiger partial charge in [0.05, 0.1) is 0 Å². The highest BCUT2D eigenvalue weighted by Crippen LogP contribution is 2.62. The zero-order valence-electron chi connectivity index (χ0n) is 12.8. The van der Waals surface area contributed by atoms with Gasteiger partial charge in [-0.1, -0.05) is 31.6 Å². The van der Waals surface area contributed by atoms with Gasteiger partial charge in [-0.05, 0) is 36.7 Å². The lowest BCUT2D eigenvalue weighted by molar-refractivity contribution is -0.147. The summed E-state index contributed by atoms with van der Waals surface area (Å²) < 4.78 is 5.55. The quantitative estimate of drug-likeness (QED) is 0.441. The van der Waals surface area contributed by atoms with E-state index in [1.807, 2.05) is 0 Å². The molecule has 0 N–H and O–H groups in total. The van der Waals surface area contributed by atoms with Crippen molar-refractivity contribution < 1.29 is 14.3 Å². The van der Waals surface area contributed by atoms with Gasteiger partial charge in [-0.2, -0.15) is 0 Å². The number of hydrogen-bond donors (Lipinski definition) is 0. The van der Waals surface area contributed by atoms with Gasteiger partial charge in [0, 0.05) is 19.3 Å². The van der Waals surface area contributed by atoms with Gasteiger partial charge in [0.15, 0.2) is 0 Å². The maximum atomic E-state index is 11.4. The zero-order valence-corrected chi connectivity index (χ0v) is 12.8. The summed E-state index contributed by atoms with van der Waals surface area (Å²) in [5, 5.41) is 0. The van der Waals surface area contributed by atoms with Gasteiger partial charge in [0.1, 0.15) is 12.4 Å². The summed E-state index contributed by atoms with van der Waals surface area (Å²) in [4.78, 5) is 22.5. The third-order valence-electron chi connectivity index (χ3n) is 4.71. The fraction of sp³-hybridized carbons (Fsp3) is 0.647. The van der Waals surface area contributed by atoms with Crippen LogP contribution >= 0.6 is 0 Å². The molecular weight excluding hydrogens is 252 g/mol. The van der Waals surface area contributed by atoms with Gasteiger partial charge < -0.3 is 4.74 Å². The first-order valence-electron chi connectivity index (χ1n) is 7.35. The Kier molecular flexibility index (Phi) is 4.17. The fourth-order valence-electron chi connectivity index (χ4n) is 3.50. The fourth-order valence-corrected chi connectivity index (χ4v) is 3.50. The van der Waals surface area contributed by atoms with Crippen LogP contribution in [0.15, 0.2) is 23.3 Å². The highest BCUT2D eigenvalue weighted by atomic mass is 16.5. The summed E-state index contributed by atoms with van der Waals surface area (Å²) in [5.41, 5.74) is 2.21. The molecule has 1 saturated carbocycles. The van der Waals surface area contributed by atoms with Crippen molar-refractivity contribution in [2.24, 2.45) is 17.3 Å². The van der Waals surface area contributed by atoms with Crippen molar-refractivity contribution in [1.82, 2.24) is 0 Å². The van der Waals surface area contributed by atoms with Crippen LogP contribution in [0.25, 0.3) is 0 Å². The Morgan fingerprint density at radius 1 is 1.45 bits per heavy atom. The number of fused-ring (bicyclic) bond motifs is 1. The minimum atomic E-state index is -0.221. The molecule has 3 heteroatoms. The number of carbonyl (C=O) groups excluding carboxylic acids is 2. The Bertz CT molecular complexity index is 471. The second-order valence-corrected chi connectivity index (χ2v) is 6.67. The number of ether oxygens (including phenoxy) is 1. The largest absolute Gasteiger partial charge is 0.462 e. The molecule has 2 rings (SSSR count). The monoisotopic (exact) mass is 276 g/mol. The first-order chi connectivity index (χ1) is 9.36. The molecule has 0 aromatic carbocycles. The van der Waals surface area contributed by atoms with E-state index in [4.69, 9.17) is 4.74 Å². The van der Waals surface area contributed by atoms with Crippen molar-refractivity contribution in [2.75, 3.05) is 0 Å². The Hall–Kier alpha value is -1.38. The van der Waals surface area contributed by atoms with E-state index < -0.39 is 0 Å². The molecular formula is C17H24O3. The summed E-state index contributed by atoms with van der Waals surface area (Å²) in [6.45, 7) is 7.92. The van der Waals surface area contributed by atoms with Crippen LogP contribution in [0.2, 0.25) is 0 Å². The van der Waals surface area contributed by atoms with Gasteiger partial charge in [0.2, 0.25) is 0 Å². The number of carbonyl (C=O) groups is 2. The standard InChI is InChI=1S/C17H24O3/c1-11-6-5-7-13(10-18)9-14-16(17(14,3)4)15(8-11)20-12(2)19/h6,9-10,14-16H,5,7-8H2,1-4H3/b11-6+,13-9-/t14-,15-,16-/m1/s1. The molecule has 0 amide bonds. The number of rotatable bonds is 2. The molecule has 0 spiro atoms. The number of esters is 1. The highest BCUT2D eigenvalue weighted by molar-refractivity contribution is 5.73. The van der Waals surface area contributed by atoms with Gasteiger partial charge in [0.25, 0.3) is 0 Å². The van der Waals surface area contributed by atoms with Crippen LogP contribution in [0.5, 0.6) is 0 Å². The average molecular weight is 276 g/mol. The van der Waals surface area contributed by atoms with E-state index >= 15 is 0 Å². The molecule has 0 unspecified atom stereocenters. The molecule has 0 aromatic rings. The van der Waals surface area contributed by atoms with E-state index in [9.17, 15) is 9.59 Å². The van der Waals surface area contributed by atoms with Crippen LogP contribution in [-0.4, -0.2) is 18.4 Å². The molecule has 3 nitrogen and oxygen atoms in total. The van der Waals surface area contributed by atoms with Crippen LogP contribution in [0.4, 0.5) is 0 Å². The van der Waals surface area contributed by atoms with Crippen molar-refractivity contribution in [3.8, 4) is 0 Å². The van der Waals surface area contributed by atoms with Crippen LogP contribution in [0.1, 0.15) is 47.0 Å². The molecule has 0 saturated heterocycles. The van der Waals surface area contributed by atoms with E-state index in [1.165, 1.54) is 12.5 Å². The normalized spacial score (nSPS) is 37.5. The molecule has 3 atom stereocenters. The lowest BCUT2D eigenvalue weighted by Crippen LogP contribution is -2.22. The van der Waals surface area contributed by atoms with E-state index in [-0.39, 0.29) is 17.5 Å². The zero-order chi connectivity index (χ0) is 14.9. The van der Waals surface area contributed by atoms with Crippen molar-refractivity contribution in [3.05, 3.63) is 23.3 Å². The van der Waals surface area contributed by atoms with Gasteiger partial charge in [-0.3, -0.25) is 9.59 Å². The summed E-state index contributed by atoms with van der Waals surface area (Å²) in [7, 11) is 0. The maximum Gasteiger partial charge on any atom is 0.302 e. The van der Waals surface area contributed by atoms with Crippen LogP contribution < -0.4 is 0 Å². The lowest BCUT2D eigenvalue weighted by atomic mass is 9.98. The van der Waals surface area contributed by atoms with Crippen LogP contribution in [0, 0.1) is 17.3 Å². The molecule has 0 aromatic heterocycles. The SMILES string of the molecule is CC(=O)O[C@@H]1C/C(C)=C/CC/C(C=O)=C/[C@@H]2[C@H]1C2(C)C. The molecule has 2 aliphatic rings. The predicted molar refractivity (Wildman–Crippen MR) is 78.1 cm³/mol. The lowest BCUT2D eigenvalue weighted by Gasteiger charge is -2.19. The summed E-state index contributed by atoms with van der Waals surface area (Å²) in [6, 6.07) is 0. The molecule has 0 aliphatic heterocycles. The van der Waals surface area contributed by atoms with Crippen LogP contribution in [0.3, 0.4) is 0 Å². The number of aldehydes is 1. The number of allylic oxidation sites excluding steroid dienone is 3. The van der Waals surface area contributed by atoms with Crippen molar-refractivity contribution in [1.29, 1.82) is 0 Å². The minimum absolute atomic E-state index is 0.0778. The minimum Gasteiger partial charge on any atom is -0.462 e. The maximum absolute atomic E-state index is 11.4. The average Bonchev–Trinajstić information content (AvgIpc) is 2.88. The molecule has 0 heterocycles. The van der Waals surface area contributed by atoms with E-state index in [1.54, 1.807) is 0 Å². The Labute approximate surface area is 121 Å². The Morgan fingerprint density at radius 3 is 2.75 bits per heavy atom. The summed E-state index contributed by atoms with van der Waals surface area (Å²) >= 11 is 0. The van der Waals surface area contributed by atoms with E-state index in [2.05, 4.69) is 32.9 Å². The third-order valence-corrected chi connectivity index (χ3v) is 4.71. The second kappa shape index (κ2) is 5.55. The molecule has 1 fully saturated rings. The molecule has 20 heavy (non-hydrogen) atoms. The second-order valence-electron chi connectivity index (χ2n) is 6.67. The van der Waals surface area contributed by atoms with Gasteiger partial charge in [-0.25, -0.2) is 0 Å². The molecule has 0 bridgehead atoms. The van der Waals surface area contributed by atoms with E-state index in [0.717, 1.165) is 31.1 Å². The molecule has 2 aliphatic carbocycles. The first-order valence-corrected chi connectivity index (χ1v) is 7.35. The topological polar surface area (TPSA) is 43.4 Å². The predicted octanol–water partition coefficient (Wildman–Crippen LogP) is 3.45. The van der Waals surface area contributed by atoms with Crippen molar-refractivity contribution in [2.45, 2.75) is 53.1 Å². The highest BCUT2D eigenvalue weighted by Gasteiger charge is 2.60. The first kappa shape index (κ1) is 15.0. The van der Waals surface area contributed by atoms with Crippen LogP contribution in [-0.2, 0) is 14.3 Å². The Balaban J connectivity index is 2.30. The van der Waals surface area contributed by atoms with E-state index in [0.29, 0.717) is 11.8 Å². The summed E-state index contributed by atoms with van der Waals surface area (Å²) in [6.07, 6.45) is 7.63. The smallest absolute Gasteiger partial charge is 0.302 e.